The minimum Gasteiger partial charge on any atom is -0.493 e. The van der Waals surface area contributed by atoms with Gasteiger partial charge in [0, 0.05) is 13.6 Å². The number of carbonyl (C=O) groups is 2. The molecule has 7 heteroatoms. The summed E-state index contributed by atoms with van der Waals surface area (Å²) >= 11 is 0. The zero-order chi connectivity index (χ0) is 21.2. The lowest BCUT2D eigenvalue weighted by atomic mass is 10.2. The van der Waals surface area contributed by atoms with Crippen molar-refractivity contribution in [3.8, 4) is 17.2 Å². The first-order chi connectivity index (χ1) is 13.9. The van der Waals surface area contributed by atoms with Crippen LogP contribution in [-0.2, 0) is 16.1 Å². The van der Waals surface area contributed by atoms with Gasteiger partial charge in [0.25, 0.3) is 5.91 Å². The van der Waals surface area contributed by atoms with Gasteiger partial charge in [-0.05, 0) is 42.3 Å². The molecule has 0 aromatic heterocycles. The van der Waals surface area contributed by atoms with Gasteiger partial charge in [-0.3, -0.25) is 4.79 Å². The molecule has 0 aliphatic carbocycles. The van der Waals surface area contributed by atoms with Crippen molar-refractivity contribution in [2.45, 2.75) is 13.5 Å². The fraction of sp³-hybridized carbons (Fsp3) is 0.273. The number of amides is 1. The summed E-state index contributed by atoms with van der Waals surface area (Å²) in [5.74, 6) is 0.306. The van der Waals surface area contributed by atoms with Gasteiger partial charge in [-0.1, -0.05) is 30.4 Å². The van der Waals surface area contributed by atoms with Crippen LogP contribution in [0.25, 0.3) is 6.08 Å². The van der Waals surface area contributed by atoms with Crippen molar-refractivity contribution >= 4 is 18.0 Å². The van der Waals surface area contributed by atoms with Crippen molar-refractivity contribution in [1.29, 1.82) is 0 Å². The highest BCUT2D eigenvalue weighted by Gasteiger charge is 2.13. The van der Waals surface area contributed by atoms with E-state index >= 15 is 0 Å². The van der Waals surface area contributed by atoms with Crippen molar-refractivity contribution in [2.75, 3.05) is 27.4 Å². The van der Waals surface area contributed by atoms with E-state index in [4.69, 9.17) is 19.3 Å². The van der Waals surface area contributed by atoms with E-state index in [1.54, 1.807) is 49.4 Å². The van der Waals surface area contributed by atoms with Crippen LogP contribution in [0.5, 0.6) is 17.2 Å². The molecule has 1 N–H and O–H groups in total. The van der Waals surface area contributed by atoms with Crippen LogP contribution in [0.1, 0.15) is 18.1 Å². The Morgan fingerprint density at radius 1 is 1.03 bits per heavy atom. The zero-order valence-electron chi connectivity index (χ0n) is 16.8. The third kappa shape index (κ3) is 6.88. The number of nitrogens with zero attached hydrogens (tertiary/aromatic N) is 1. The molecular weight excluding hydrogens is 374 g/mol. The summed E-state index contributed by atoms with van der Waals surface area (Å²) < 4.78 is 16.1. The SMILES string of the molecule is C/C=C/c1ccc(OCC(=O)N(C)Cc2ccc(OCC(=O)O)cc2)c(OC)c1. The minimum absolute atomic E-state index is 0.115. The average Bonchev–Trinajstić information content (AvgIpc) is 2.72. The molecule has 2 aromatic carbocycles. The topological polar surface area (TPSA) is 85.3 Å². The number of likely N-dealkylation sites (N-methyl/N-ethyl adjacent to an activating group) is 1. The van der Waals surface area contributed by atoms with Gasteiger partial charge >= 0.3 is 5.97 Å². The molecule has 0 aliphatic heterocycles. The molecule has 0 aliphatic rings. The molecule has 0 atom stereocenters. The van der Waals surface area contributed by atoms with Crippen LogP contribution in [0.3, 0.4) is 0 Å². The van der Waals surface area contributed by atoms with E-state index in [0.29, 0.717) is 23.8 Å². The van der Waals surface area contributed by atoms with Crippen LogP contribution in [0.2, 0.25) is 0 Å². The summed E-state index contributed by atoms with van der Waals surface area (Å²) in [5, 5.41) is 8.62. The lowest BCUT2D eigenvalue weighted by Gasteiger charge is -2.18. The number of hydrogen-bond acceptors (Lipinski definition) is 5. The van der Waals surface area contributed by atoms with Gasteiger partial charge in [0.05, 0.1) is 7.11 Å². The Bertz CT molecular complexity index is 860. The first-order valence-electron chi connectivity index (χ1n) is 9.04. The molecule has 0 unspecified atom stereocenters. The summed E-state index contributed by atoms with van der Waals surface area (Å²) in [6.07, 6.45) is 3.88. The second kappa shape index (κ2) is 10.8. The normalized spacial score (nSPS) is 10.6. The second-order valence-electron chi connectivity index (χ2n) is 6.28. The smallest absolute Gasteiger partial charge is 0.341 e. The third-order valence-electron chi connectivity index (χ3n) is 4.03. The number of rotatable bonds is 10. The highest BCUT2D eigenvalue weighted by atomic mass is 16.5. The molecule has 0 radical (unpaired) electrons. The number of carboxylic acids is 1. The predicted molar refractivity (Wildman–Crippen MR) is 109 cm³/mol. The summed E-state index contributed by atoms with van der Waals surface area (Å²) in [5.41, 5.74) is 1.87. The molecule has 0 spiro atoms. The van der Waals surface area contributed by atoms with Crippen LogP contribution in [0, 0.1) is 0 Å². The summed E-state index contributed by atoms with van der Waals surface area (Å²) in [4.78, 5) is 24.5. The molecule has 154 valence electrons. The maximum atomic E-state index is 12.4. The fourth-order valence-electron chi connectivity index (χ4n) is 2.55. The van der Waals surface area contributed by atoms with Crippen molar-refractivity contribution < 1.29 is 28.9 Å². The number of hydrogen-bond donors (Lipinski definition) is 1. The van der Waals surface area contributed by atoms with Crippen LogP contribution in [-0.4, -0.2) is 49.3 Å². The Labute approximate surface area is 170 Å². The number of carbonyl (C=O) groups excluding carboxylic acids is 1. The number of benzene rings is 2. The Morgan fingerprint density at radius 2 is 1.76 bits per heavy atom. The van der Waals surface area contributed by atoms with Crippen molar-refractivity contribution in [3.63, 3.8) is 0 Å². The van der Waals surface area contributed by atoms with Crippen molar-refractivity contribution in [2.24, 2.45) is 0 Å². The molecule has 7 nitrogen and oxygen atoms in total. The van der Waals surface area contributed by atoms with E-state index in [1.165, 1.54) is 0 Å². The molecule has 0 saturated heterocycles. The van der Waals surface area contributed by atoms with Crippen LogP contribution in [0.15, 0.2) is 48.5 Å². The number of aliphatic carboxylic acids is 1. The van der Waals surface area contributed by atoms with Crippen LogP contribution >= 0.6 is 0 Å². The van der Waals surface area contributed by atoms with Gasteiger partial charge in [0.2, 0.25) is 0 Å². The van der Waals surface area contributed by atoms with Gasteiger partial charge in [-0.2, -0.15) is 0 Å². The highest BCUT2D eigenvalue weighted by molar-refractivity contribution is 5.77. The van der Waals surface area contributed by atoms with E-state index < -0.39 is 12.6 Å². The molecule has 2 aromatic rings. The Morgan fingerprint density at radius 3 is 2.38 bits per heavy atom. The summed E-state index contributed by atoms with van der Waals surface area (Å²) in [7, 11) is 3.24. The average molecular weight is 399 g/mol. The Hall–Kier alpha value is -3.48. The lowest BCUT2D eigenvalue weighted by Crippen LogP contribution is -2.31. The highest BCUT2D eigenvalue weighted by Crippen LogP contribution is 2.28. The van der Waals surface area contributed by atoms with E-state index in [2.05, 4.69) is 0 Å². The lowest BCUT2D eigenvalue weighted by molar-refractivity contribution is -0.139. The van der Waals surface area contributed by atoms with E-state index in [1.807, 2.05) is 31.2 Å². The third-order valence-corrected chi connectivity index (χ3v) is 4.03. The Kier molecular flexibility index (Phi) is 8.09. The molecule has 0 heterocycles. The fourth-order valence-corrected chi connectivity index (χ4v) is 2.55. The largest absolute Gasteiger partial charge is 0.493 e. The first kappa shape index (κ1) is 21.8. The van der Waals surface area contributed by atoms with E-state index in [0.717, 1.165) is 11.1 Å². The van der Waals surface area contributed by atoms with Gasteiger partial charge in [0.15, 0.2) is 24.7 Å². The Balaban J connectivity index is 1.90. The number of ether oxygens (including phenoxy) is 3. The minimum atomic E-state index is -1.03. The molecule has 2 rings (SSSR count). The molecular formula is C22H25NO6. The van der Waals surface area contributed by atoms with Gasteiger partial charge in [-0.15, -0.1) is 0 Å². The van der Waals surface area contributed by atoms with Gasteiger partial charge in [0.1, 0.15) is 5.75 Å². The quantitative estimate of drug-likeness (QED) is 0.660. The summed E-state index contributed by atoms with van der Waals surface area (Å²) in [6.45, 7) is 1.81. The van der Waals surface area contributed by atoms with Gasteiger partial charge < -0.3 is 24.2 Å². The second-order valence-corrected chi connectivity index (χ2v) is 6.28. The van der Waals surface area contributed by atoms with E-state index in [-0.39, 0.29) is 12.5 Å². The zero-order valence-corrected chi connectivity index (χ0v) is 16.8. The van der Waals surface area contributed by atoms with Crippen LogP contribution < -0.4 is 14.2 Å². The van der Waals surface area contributed by atoms with Gasteiger partial charge in [-0.25, -0.2) is 4.79 Å². The summed E-state index contributed by atoms with van der Waals surface area (Å²) in [6, 6.07) is 12.4. The molecule has 29 heavy (non-hydrogen) atoms. The predicted octanol–water partition coefficient (Wildman–Crippen LogP) is 3.23. The molecule has 1 amide bonds. The monoisotopic (exact) mass is 399 g/mol. The van der Waals surface area contributed by atoms with E-state index in [9.17, 15) is 9.59 Å². The maximum absolute atomic E-state index is 12.4. The maximum Gasteiger partial charge on any atom is 0.341 e. The van der Waals surface area contributed by atoms with Crippen LogP contribution in [0.4, 0.5) is 0 Å². The molecule has 0 saturated carbocycles. The molecule has 0 bridgehead atoms. The number of allylic oxidation sites excluding steroid dienone is 1. The van der Waals surface area contributed by atoms with Crippen molar-refractivity contribution in [1.82, 2.24) is 4.90 Å². The van der Waals surface area contributed by atoms with Crippen molar-refractivity contribution in [3.05, 3.63) is 59.7 Å². The number of methoxy groups -OCH3 is 1. The first-order valence-corrected chi connectivity index (χ1v) is 9.04. The molecule has 0 fully saturated rings. The standard InChI is InChI=1S/C22H25NO6/c1-4-5-16-8-11-19(20(12-16)27-3)29-14-21(24)23(2)13-17-6-9-18(10-7-17)28-15-22(25)26/h4-12H,13-15H2,1-3H3,(H,25,26)/b5-4+. The number of carboxylic acid groups (broad SMARTS) is 1.